The van der Waals surface area contributed by atoms with Crippen LogP contribution >= 0.6 is 0 Å². The van der Waals surface area contributed by atoms with E-state index in [4.69, 9.17) is 28.9 Å². The molecule has 1 unspecified atom stereocenters. The van der Waals surface area contributed by atoms with Gasteiger partial charge in [-0.15, -0.1) is 6.58 Å². The van der Waals surface area contributed by atoms with Crippen molar-refractivity contribution in [2.75, 3.05) is 26.4 Å². The van der Waals surface area contributed by atoms with Crippen molar-refractivity contribution in [3.8, 4) is 17.2 Å². The predicted molar refractivity (Wildman–Crippen MR) is 278 cm³/mol. The van der Waals surface area contributed by atoms with Crippen molar-refractivity contribution in [3.63, 3.8) is 0 Å². The van der Waals surface area contributed by atoms with Crippen molar-refractivity contribution >= 4 is 40.4 Å². The van der Waals surface area contributed by atoms with E-state index in [9.17, 15) is 25.1 Å². The number of nitrogens with zero attached hydrogens (tertiary/aromatic N) is 3. The molecule has 2 N–H and O–H groups in total. The number of nitro groups is 1. The summed E-state index contributed by atoms with van der Waals surface area (Å²) in [4.78, 5) is 46.6. The van der Waals surface area contributed by atoms with Crippen LogP contribution < -0.4 is 9.47 Å². The zero-order valence-corrected chi connectivity index (χ0v) is 41.0. The van der Waals surface area contributed by atoms with Crippen LogP contribution in [-0.4, -0.2) is 82.5 Å². The molecule has 1 saturated heterocycles. The molecule has 4 aliphatic rings. The summed E-state index contributed by atoms with van der Waals surface area (Å²) in [6, 6.07) is 32.0. The molecule has 73 heavy (non-hydrogen) atoms. The van der Waals surface area contributed by atoms with Crippen molar-refractivity contribution in [2.45, 2.75) is 94.8 Å². The first kappa shape index (κ1) is 51.0. The van der Waals surface area contributed by atoms with Crippen LogP contribution in [0.2, 0.25) is 0 Å². The van der Waals surface area contributed by atoms with E-state index in [0.717, 1.165) is 72.3 Å². The molecular formula is C59H63N3O11. The lowest BCUT2D eigenvalue weighted by atomic mass is 9.55. The number of unbranched alkanes of at least 4 members (excludes halogenated alkanes) is 2. The number of aliphatic hydroxyl groups excluding tert-OH is 2. The summed E-state index contributed by atoms with van der Waals surface area (Å²) in [7, 11) is 0. The summed E-state index contributed by atoms with van der Waals surface area (Å²) in [5.41, 5.74) is 4.29. The van der Waals surface area contributed by atoms with Crippen LogP contribution in [0.4, 0.5) is 5.69 Å². The molecule has 14 nitrogen and oxygen atoms in total. The molecule has 0 spiro atoms. The fourth-order valence-electron chi connectivity index (χ4n) is 11.3. The lowest BCUT2D eigenvalue weighted by molar-refractivity contribution is -0.384. The van der Waals surface area contributed by atoms with Crippen LogP contribution in [0.1, 0.15) is 97.2 Å². The van der Waals surface area contributed by atoms with Gasteiger partial charge in [-0.1, -0.05) is 84.7 Å². The number of fused-ring (bicyclic) bond motifs is 3. The lowest BCUT2D eigenvalue weighted by Gasteiger charge is -2.60. The zero-order valence-electron chi connectivity index (χ0n) is 41.0. The molecule has 1 amide bonds. The summed E-state index contributed by atoms with van der Waals surface area (Å²) in [5.74, 6) is -1.33. The van der Waals surface area contributed by atoms with Crippen molar-refractivity contribution in [2.24, 2.45) is 22.9 Å². The van der Waals surface area contributed by atoms with Gasteiger partial charge in [-0.25, -0.2) is 0 Å². The molecule has 0 aromatic heterocycles. The highest BCUT2D eigenvalue weighted by Crippen LogP contribution is 2.62. The van der Waals surface area contributed by atoms with E-state index in [-0.39, 0.29) is 62.1 Å². The second-order valence-electron chi connectivity index (χ2n) is 19.3. The number of aldehydes is 1. The predicted octanol–water partition coefficient (Wildman–Crippen LogP) is 11.3. The summed E-state index contributed by atoms with van der Waals surface area (Å²) in [6.07, 6.45) is 14.3. The van der Waals surface area contributed by atoms with E-state index in [1.165, 1.54) is 18.2 Å². The largest absolute Gasteiger partial charge is 0.459 e. The fourth-order valence-corrected chi connectivity index (χ4v) is 11.3. The highest BCUT2D eigenvalue weighted by molar-refractivity contribution is 6.03. The Balaban J connectivity index is 1.26. The third-order valence-electron chi connectivity index (χ3n) is 14.7. The number of non-ortho nitro benzene ring substituents is 1. The third-order valence-corrected chi connectivity index (χ3v) is 14.7. The van der Waals surface area contributed by atoms with Crippen molar-refractivity contribution in [3.05, 3.63) is 172 Å². The normalized spacial score (nSPS) is 23.7. The van der Waals surface area contributed by atoms with Gasteiger partial charge in [0.25, 0.3) is 5.69 Å². The number of aliphatic hydroxyl groups is 2. The first-order chi connectivity index (χ1) is 35.7. The number of carbonyl (C=O) groups excluding carboxylic acids is 2. The molecular weight excluding hydrogens is 927 g/mol. The second-order valence-corrected chi connectivity index (χ2v) is 19.3. The Bertz CT molecular complexity index is 2850. The summed E-state index contributed by atoms with van der Waals surface area (Å²) in [5, 5.41) is 38.7. The molecule has 2 heterocycles. The van der Waals surface area contributed by atoms with Gasteiger partial charge < -0.3 is 38.9 Å². The topological polar surface area (TPSA) is 179 Å². The van der Waals surface area contributed by atoms with Crippen molar-refractivity contribution < 1.29 is 48.5 Å². The maximum absolute atomic E-state index is 15.5. The minimum atomic E-state index is -1.56. The van der Waals surface area contributed by atoms with Crippen molar-refractivity contribution in [1.29, 1.82) is 0 Å². The van der Waals surface area contributed by atoms with Gasteiger partial charge in [0.15, 0.2) is 0 Å². The van der Waals surface area contributed by atoms with E-state index in [1.807, 2.05) is 65.6 Å². The minimum Gasteiger partial charge on any atom is -0.459 e. The molecule has 5 aromatic rings. The first-order valence-corrected chi connectivity index (χ1v) is 25.5. The lowest BCUT2D eigenvalue weighted by Crippen LogP contribution is -2.70. The van der Waals surface area contributed by atoms with Gasteiger partial charge in [-0.2, -0.15) is 0 Å². The number of rotatable bonds is 22. The van der Waals surface area contributed by atoms with E-state index in [0.29, 0.717) is 60.0 Å². The van der Waals surface area contributed by atoms with Crippen LogP contribution in [0, 0.1) is 27.9 Å². The molecule has 9 rings (SSSR count). The van der Waals surface area contributed by atoms with Gasteiger partial charge in [-0.3, -0.25) is 19.7 Å². The highest BCUT2D eigenvalue weighted by atomic mass is 16.8. The van der Waals surface area contributed by atoms with E-state index >= 15 is 4.79 Å². The van der Waals surface area contributed by atoms with Gasteiger partial charge in [0.05, 0.1) is 29.8 Å². The minimum absolute atomic E-state index is 0.0101. The van der Waals surface area contributed by atoms with Gasteiger partial charge in [-0.05, 0) is 126 Å². The standard InChI is InChI=1S/C59H63N3O11/c1-2-32-70-59-54(61(38-44-17-12-16-42-14-3-4-19-48(42)44)55(66)29-24-40-22-25-45(26-23-40)62(67)68)37-52(60-73-56-21-7-10-33-69-56)50-35-43(15-5-8-30-63)49(20-6-9-31-64)57(58(50)59)51-36-47(27-28-53(51)72-59)71-46-18-11-13-41(34-46)39-65/h2-4,11-14,16-19,22-29,34-36,39,43,49,54,56-58,63-64H,1,5-10,15,20-21,30-33,37-38H2/t43-,49+,54-,56?,57+,58+,59+/m0/s1. The molecule has 1 saturated carbocycles. The maximum Gasteiger partial charge on any atom is 0.269 e. The molecule has 2 aliphatic heterocycles. The number of hydrogen-bond donors (Lipinski definition) is 2. The van der Waals surface area contributed by atoms with E-state index in [2.05, 4.69) is 12.7 Å². The molecule has 0 radical (unpaired) electrons. The van der Waals surface area contributed by atoms with Crippen LogP contribution in [-0.2, 0) is 25.7 Å². The molecule has 14 heteroatoms. The Morgan fingerprint density at radius 3 is 2.45 bits per heavy atom. The summed E-state index contributed by atoms with van der Waals surface area (Å²) >= 11 is 0. The quantitative estimate of drug-likeness (QED) is 0.0168. The zero-order chi connectivity index (χ0) is 50.7. The number of carbonyl (C=O) groups is 2. The fraction of sp³-hybridized carbons (Fsp3) is 0.373. The Morgan fingerprint density at radius 2 is 1.68 bits per heavy atom. The van der Waals surface area contributed by atoms with Gasteiger partial charge in [0, 0.05) is 67.9 Å². The molecule has 2 aliphatic carbocycles. The molecule has 380 valence electrons. The molecule has 2 fully saturated rings. The molecule has 7 atom stereocenters. The summed E-state index contributed by atoms with van der Waals surface area (Å²) in [6.45, 7) is 4.95. The third kappa shape index (κ3) is 11.3. The maximum atomic E-state index is 15.5. The van der Waals surface area contributed by atoms with Crippen LogP contribution in [0.25, 0.3) is 16.8 Å². The Labute approximate surface area is 425 Å². The average molecular weight is 990 g/mol. The highest BCUT2D eigenvalue weighted by Gasteiger charge is 2.65. The number of allylic oxidation sites excluding steroid dienone is 1. The van der Waals surface area contributed by atoms with Gasteiger partial charge >= 0.3 is 0 Å². The number of hydrogen-bond acceptors (Lipinski definition) is 12. The Kier molecular flexibility index (Phi) is 16.6. The van der Waals surface area contributed by atoms with Crippen LogP contribution in [0.3, 0.4) is 0 Å². The van der Waals surface area contributed by atoms with Crippen molar-refractivity contribution in [1.82, 2.24) is 4.90 Å². The van der Waals surface area contributed by atoms with E-state index in [1.54, 1.807) is 48.6 Å². The van der Waals surface area contributed by atoms with E-state index < -0.39 is 29.0 Å². The Hall–Kier alpha value is -6.97. The average Bonchev–Trinajstić information content (AvgIpc) is 3.42. The monoisotopic (exact) mass is 989 g/mol. The number of ether oxygens (including phenoxy) is 4. The smallest absolute Gasteiger partial charge is 0.269 e. The first-order valence-electron chi connectivity index (χ1n) is 25.5. The number of benzene rings is 5. The number of oxime groups is 1. The molecule has 5 aromatic carbocycles. The second kappa shape index (κ2) is 23.7. The Morgan fingerprint density at radius 1 is 0.904 bits per heavy atom. The van der Waals surface area contributed by atoms with Gasteiger partial charge in [0.2, 0.25) is 18.0 Å². The summed E-state index contributed by atoms with van der Waals surface area (Å²) < 4.78 is 27.4. The SMILES string of the molecule is C=CCO[C@@]12Oc3ccc(Oc4cccc(C=O)c4)cc3[C@H]3[C@H](CCCCO)[C@@H](CCCCO)C=C(C(=NOC4CCCCO4)C[C@@H]1N(Cc1cccc4ccccc14)C(=O)C=Cc1ccc([N+](=O)[O-])cc1)[C@H]32. The molecule has 0 bridgehead atoms. The van der Waals surface area contributed by atoms with Gasteiger partial charge in [0.1, 0.15) is 29.6 Å². The number of nitro benzene ring substituents is 1. The van der Waals surface area contributed by atoms with Crippen LogP contribution in [0.15, 0.2) is 145 Å². The van der Waals surface area contributed by atoms with Crippen LogP contribution in [0.5, 0.6) is 17.2 Å². The number of amides is 1.